The van der Waals surface area contributed by atoms with Gasteiger partial charge in [0.1, 0.15) is 6.61 Å². The van der Waals surface area contributed by atoms with Crippen LogP contribution in [0.25, 0.3) is 0 Å². The van der Waals surface area contributed by atoms with Crippen LogP contribution in [0.3, 0.4) is 0 Å². The summed E-state index contributed by atoms with van der Waals surface area (Å²) in [6, 6.07) is 0. The minimum atomic E-state index is -0.424. The van der Waals surface area contributed by atoms with Crippen molar-refractivity contribution >= 4 is 6.09 Å². The third kappa shape index (κ3) is 7.23. The van der Waals surface area contributed by atoms with Gasteiger partial charge >= 0.3 is 6.09 Å². The van der Waals surface area contributed by atoms with Crippen LogP contribution >= 0.6 is 0 Å². The first-order chi connectivity index (χ1) is 4.31. The van der Waals surface area contributed by atoms with Crippen LogP contribution in [0.4, 0.5) is 4.79 Å². The Morgan fingerprint density at radius 3 is 2.50 bits per heavy atom. The summed E-state index contributed by atoms with van der Waals surface area (Å²) < 4.78 is 9.19. The minimum Gasteiger partial charge on any atom is -0.447 e. The van der Waals surface area contributed by atoms with Crippen LogP contribution in [-0.4, -0.2) is 33.5 Å². The quantitative estimate of drug-likeness (QED) is 0.598. The van der Waals surface area contributed by atoms with E-state index in [1.54, 1.807) is 7.11 Å². The van der Waals surface area contributed by atoms with Crippen molar-refractivity contribution in [1.29, 1.82) is 0 Å². The highest BCUT2D eigenvalue weighted by Gasteiger charge is 1.93. The second-order valence-corrected chi connectivity index (χ2v) is 1.38. The van der Waals surface area contributed by atoms with E-state index in [0.717, 1.165) is 0 Å². The van der Waals surface area contributed by atoms with Crippen LogP contribution < -0.4 is 5.32 Å². The number of methoxy groups -OCH3 is 1. The highest BCUT2D eigenvalue weighted by Crippen LogP contribution is 1.75. The summed E-state index contributed by atoms with van der Waals surface area (Å²) >= 11 is 0. The summed E-state index contributed by atoms with van der Waals surface area (Å²) in [5.74, 6) is 0. The average Bonchev–Trinajstić information content (AvgIpc) is 1.89. The molecule has 0 rings (SSSR count). The number of carbonyl (C=O) groups is 1. The van der Waals surface area contributed by atoms with E-state index in [2.05, 4.69) is 14.8 Å². The van der Waals surface area contributed by atoms with Gasteiger partial charge in [0.15, 0.2) is 0 Å². The van der Waals surface area contributed by atoms with Gasteiger partial charge in [0.25, 0.3) is 0 Å². The molecule has 0 aromatic heterocycles. The molecule has 0 aliphatic heterocycles. The molecule has 0 saturated carbocycles. The number of nitrogens with one attached hydrogen (secondary N) is 1. The Hall–Kier alpha value is -0.770. The predicted octanol–water partition coefficient (Wildman–Crippen LogP) is 0.625. The summed E-state index contributed by atoms with van der Waals surface area (Å²) in [4.78, 5) is 10.3. The number of alkyl carbamates (subject to hydrolysis) is 1. The van der Waals surface area contributed by atoms with Gasteiger partial charge in [-0.25, -0.2) is 4.79 Å². The first kappa shape index (κ1) is 12.0. The lowest BCUT2D eigenvalue weighted by Crippen LogP contribution is -2.20. The van der Waals surface area contributed by atoms with Crippen molar-refractivity contribution in [2.24, 2.45) is 0 Å². The van der Waals surface area contributed by atoms with Crippen molar-refractivity contribution in [3.63, 3.8) is 0 Å². The van der Waals surface area contributed by atoms with E-state index in [1.807, 2.05) is 0 Å². The maximum Gasteiger partial charge on any atom is 0.406 e. The summed E-state index contributed by atoms with van der Waals surface area (Å²) in [6.07, 6.45) is -0.424. The molecule has 1 N–H and O–H groups in total. The number of carbonyl (C=O) groups excluding carboxylic acids is 1. The summed E-state index contributed by atoms with van der Waals surface area (Å²) in [5.41, 5.74) is 0. The zero-order valence-corrected chi connectivity index (χ0v) is 5.64. The number of rotatable bonds is 3. The van der Waals surface area contributed by atoms with Gasteiger partial charge in [-0.15, -0.1) is 0 Å². The summed E-state index contributed by atoms with van der Waals surface area (Å²) in [5, 5.41) is 2.31. The van der Waals surface area contributed by atoms with Crippen LogP contribution in [0.5, 0.6) is 0 Å². The molecule has 0 spiro atoms. The largest absolute Gasteiger partial charge is 0.447 e. The molecule has 0 atom stereocenters. The highest BCUT2D eigenvalue weighted by atomic mass is 16.6. The second-order valence-electron chi connectivity index (χ2n) is 1.38. The maximum absolute atomic E-state index is 10.3. The molecule has 0 aromatic carbocycles. The molecule has 0 aromatic rings. The first-order valence-corrected chi connectivity index (χ1v) is 2.64. The van der Waals surface area contributed by atoms with Gasteiger partial charge in [-0.05, 0) is 0 Å². The second kappa shape index (κ2) is 8.23. The molecular weight excluding hydrogens is 134 g/mol. The molecule has 10 heavy (non-hydrogen) atoms. The fourth-order valence-electron chi connectivity index (χ4n) is 0.290. The van der Waals surface area contributed by atoms with Crippen molar-refractivity contribution < 1.29 is 14.3 Å². The molecular formula is C6H15NO3. The maximum atomic E-state index is 10.3. The molecule has 0 bridgehead atoms. The van der Waals surface area contributed by atoms with Gasteiger partial charge < -0.3 is 14.8 Å². The minimum absolute atomic E-state index is 0. The SMILES string of the molecule is C.CNC(=O)OCCOC. The Morgan fingerprint density at radius 2 is 2.10 bits per heavy atom. The van der Waals surface area contributed by atoms with Gasteiger partial charge in [0, 0.05) is 14.2 Å². The predicted molar refractivity (Wildman–Crippen MR) is 39.0 cm³/mol. The Bertz CT molecular complexity index is 85.1. The van der Waals surface area contributed by atoms with Gasteiger partial charge in [0.05, 0.1) is 6.61 Å². The number of hydrogen-bond donors (Lipinski definition) is 1. The number of ether oxygens (including phenoxy) is 2. The van der Waals surface area contributed by atoms with Gasteiger partial charge in [-0.3, -0.25) is 0 Å². The van der Waals surface area contributed by atoms with E-state index in [0.29, 0.717) is 13.2 Å². The van der Waals surface area contributed by atoms with Crippen LogP contribution in [0.15, 0.2) is 0 Å². The molecule has 0 radical (unpaired) electrons. The van der Waals surface area contributed by atoms with Crippen LogP contribution in [0, 0.1) is 0 Å². The van der Waals surface area contributed by atoms with Crippen LogP contribution in [0.2, 0.25) is 0 Å². The molecule has 4 heteroatoms. The lowest BCUT2D eigenvalue weighted by atomic mass is 10.8. The number of hydrogen-bond acceptors (Lipinski definition) is 3. The van der Waals surface area contributed by atoms with E-state index in [1.165, 1.54) is 7.05 Å². The standard InChI is InChI=1S/C5H11NO3.CH4/c1-6-5(7)9-4-3-8-2;/h3-4H2,1-2H3,(H,6,7);1H4. The highest BCUT2D eigenvalue weighted by molar-refractivity contribution is 5.66. The van der Waals surface area contributed by atoms with E-state index < -0.39 is 6.09 Å². The molecule has 0 heterocycles. The fourth-order valence-corrected chi connectivity index (χ4v) is 0.290. The Labute approximate surface area is 61.5 Å². The smallest absolute Gasteiger partial charge is 0.406 e. The zero-order valence-electron chi connectivity index (χ0n) is 5.64. The summed E-state index contributed by atoms with van der Waals surface area (Å²) in [6.45, 7) is 0.740. The normalized spacial score (nSPS) is 7.80. The van der Waals surface area contributed by atoms with Crippen molar-refractivity contribution in [2.45, 2.75) is 7.43 Å². The lowest BCUT2D eigenvalue weighted by molar-refractivity contribution is 0.0998. The zero-order chi connectivity index (χ0) is 7.11. The topological polar surface area (TPSA) is 47.6 Å². The van der Waals surface area contributed by atoms with E-state index in [9.17, 15) is 4.79 Å². The molecule has 0 aliphatic rings. The van der Waals surface area contributed by atoms with Crippen molar-refractivity contribution in [3.05, 3.63) is 0 Å². The lowest BCUT2D eigenvalue weighted by Gasteiger charge is -2.00. The van der Waals surface area contributed by atoms with Gasteiger partial charge in [-0.2, -0.15) is 0 Å². The molecule has 0 aliphatic carbocycles. The average molecular weight is 149 g/mol. The molecule has 0 fully saturated rings. The van der Waals surface area contributed by atoms with Gasteiger partial charge in [-0.1, -0.05) is 7.43 Å². The fraction of sp³-hybridized carbons (Fsp3) is 0.833. The third-order valence-corrected chi connectivity index (χ3v) is 0.725. The monoisotopic (exact) mass is 149 g/mol. The van der Waals surface area contributed by atoms with E-state index in [4.69, 9.17) is 0 Å². The molecule has 0 saturated heterocycles. The Kier molecular flexibility index (Phi) is 9.84. The third-order valence-electron chi connectivity index (χ3n) is 0.725. The van der Waals surface area contributed by atoms with Crippen molar-refractivity contribution in [3.8, 4) is 0 Å². The van der Waals surface area contributed by atoms with Crippen LogP contribution in [-0.2, 0) is 9.47 Å². The molecule has 1 amide bonds. The Morgan fingerprint density at radius 1 is 1.50 bits per heavy atom. The van der Waals surface area contributed by atoms with Gasteiger partial charge in [0.2, 0.25) is 0 Å². The number of amides is 1. The molecule has 62 valence electrons. The van der Waals surface area contributed by atoms with Crippen molar-refractivity contribution in [2.75, 3.05) is 27.4 Å². The Balaban J connectivity index is 0. The van der Waals surface area contributed by atoms with E-state index in [-0.39, 0.29) is 7.43 Å². The van der Waals surface area contributed by atoms with E-state index >= 15 is 0 Å². The molecule has 0 unspecified atom stereocenters. The summed E-state index contributed by atoms with van der Waals surface area (Å²) in [7, 11) is 3.06. The first-order valence-electron chi connectivity index (χ1n) is 2.64. The van der Waals surface area contributed by atoms with Crippen molar-refractivity contribution in [1.82, 2.24) is 5.32 Å². The molecule has 4 nitrogen and oxygen atoms in total. The van der Waals surface area contributed by atoms with Crippen LogP contribution in [0.1, 0.15) is 7.43 Å².